The molecule has 0 spiro atoms. The average Bonchev–Trinajstić information content (AvgIpc) is 3.32. The molecule has 0 saturated carbocycles. The van der Waals surface area contributed by atoms with Crippen molar-refractivity contribution in [2.24, 2.45) is 0 Å². The second kappa shape index (κ2) is 56.6. The summed E-state index contributed by atoms with van der Waals surface area (Å²) in [6.45, 7) is 4.19. The van der Waals surface area contributed by atoms with E-state index in [2.05, 4.69) is 104 Å². The van der Waals surface area contributed by atoms with Gasteiger partial charge < -0.3 is 15.5 Å². The Morgan fingerprint density at radius 2 is 0.667 bits per heavy atom. The number of rotatable bonds is 51. The molecule has 4 nitrogen and oxygen atoms in total. The molecule has 0 aliphatic carbocycles. The molecule has 0 aliphatic heterocycles. The summed E-state index contributed by atoms with van der Waals surface area (Å²) in [6.07, 6.45) is 84.3. The number of hydrogen-bond acceptors (Lipinski definition) is 3. The van der Waals surface area contributed by atoms with E-state index in [1.165, 1.54) is 180 Å². The van der Waals surface area contributed by atoms with Crippen molar-refractivity contribution in [1.82, 2.24) is 5.32 Å². The Morgan fingerprint density at radius 3 is 1.00 bits per heavy atom. The molecule has 0 aromatic rings. The van der Waals surface area contributed by atoms with Gasteiger partial charge in [0.2, 0.25) is 5.91 Å². The molecule has 0 heterocycles. The van der Waals surface area contributed by atoms with Crippen molar-refractivity contribution in [3.8, 4) is 0 Å². The highest BCUT2D eigenvalue weighted by molar-refractivity contribution is 5.76. The molecule has 66 heavy (non-hydrogen) atoms. The maximum atomic E-state index is 12.4. The van der Waals surface area contributed by atoms with E-state index >= 15 is 0 Å². The molecule has 0 radical (unpaired) electrons. The van der Waals surface area contributed by atoms with Crippen molar-refractivity contribution < 1.29 is 15.0 Å². The van der Waals surface area contributed by atoms with Gasteiger partial charge in [0.15, 0.2) is 0 Å². The molecule has 0 bridgehead atoms. The summed E-state index contributed by atoms with van der Waals surface area (Å²) < 4.78 is 0. The Balaban J connectivity index is 3.47. The van der Waals surface area contributed by atoms with Gasteiger partial charge in [-0.25, -0.2) is 0 Å². The van der Waals surface area contributed by atoms with Crippen LogP contribution in [0.1, 0.15) is 271 Å². The predicted molar refractivity (Wildman–Crippen MR) is 294 cm³/mol. The van der Waals surface area contributed by atoms with Crippen molar-refractivity contribution in [2.45, 2.75) is 283 Å². The number of aliphatic hydroxyl groups is 2. The third-order valence-corrected chi connectivity index (χ3v) is 12.6. The summed E-state index contributed by atoms with van der Waals surface area (Å²) in [4.78, 5) is 12.4. The summed E-state index contributed by atoms with van der Waals surface area (Å²) in [5.41, 5.74) is 0. The maximum absolute atomic E-state index is 12.4. The summed E-state index contributed by atoms with van der Waals surface area (Å²) in [6, 6.07) is -0.624. The fourth-order valence-corrected chi connectivity index (χ4v) is 8.28. The largest absolute Gasteiger partial charge is 0.394 e. The Kier molecular flexibility index (Phi) is 54.3. The fraction of sp³-hybridized carbons (Fsp3) is 0.726. The maximum Gasteiger partial charge on any atom is 0.220 e. The molecule has 0 aromatic carbocycles. The number of amides is 1. The van der Waals surface area contributed by atoms with Crippen LogP contribution >= 0.6 is 0 Å². The van der Waals surface area contributed by atoms with Gasteiger partial charge in [0.1, 0.15) is 0 Å². The van der Waals surface area contributed by atoms with Crippen LogP contribution in [0.25, 0.3) is 0 Å². The molecule has 0 rings (SSSR count). The zero-order chi connectivity index (χ0) is 47.7. The van der Waals surface area contributed by atoms with Gasteiger partial charge in [0.05, 0.1) is 18.8 Å². The SMILES string of the molecule is CC/C=C\C/C=C\C/C=C\C/C=C\C/C=C\C/C=C\C/C=C\CCCCCCCCCCCCCCCCCCCCCC(=O)NC(CO)C(O)/C=C/CCCCCCCCCCCCC. The third-order valence-electron chi connectivity index (χ3n) is 12.6. The second-order valence-corrected chi connectivity index (χ2v) is 19.0. The van der Waals surface area contributed by atoms with E-state index in [4.69, 9.17) is 0 Å². The van der Waals surface area contributed by atoms with Crippen molar-refractivity contribution in [3.63, 3.8) is 0 Å². The first-order chi connectivity index (χ1) is 32.7. The Morgan fingerprint density at radius 1 is 0.379 bits per heavy atom. The first kappa shape index (κ1) is 63.3. The normalized spacial score (nSPS) is 13.6. The fourth-order valence-electron chi connectivity index (χ4n) is 8.28. The van der Waals surface area contributed by atoms with Crippen LogP contribution in [0, 0.1) is 0 Å². The molecule has 0 fully saturated rings. The lowest BCUT2D eigenvalue weighted by Gasteiger charge is -2.20. The minimum absolute atomic E-state index is 0.0642. The van der Waals surface area contributed by atoms with Gasteiger partial charge in [-0.15, -0.1) is 0 Å². The number of unbranched alkanes of at least 4 members (excludes halogenated alkanes) is 30. The molecular weight excluding hydrogens is 807 g/mol. The van der Waals surface area contributed by atoms with Crippen molar-refractivity contribution in [2.75, 3.05) is 6.61 Å². The Labute approximate surface area is 411 Å². The number of nitrogens with one attached hydrogen (secondary N) is 1. The van der Waals surface area contributed by atoms with E-state index in [0.717, 1.165) is 70.6 Å². The van der Waals surface area contributed by atoms with E-state index in [1.807, 2.05) is 6.08 Å². The molecule has 380 valence electrons. The first-order valence-corrected chi connectivity index (χ1v) is 28.5. The summed E-state index contributed by atoms with van der Waals surface area (Å²) in [7, 11) is 0. The number of carbonyl (C=O) groups is 1. The number of hydrogen-bond donors (Lipinski definition) is 3. The molecule has 0 aromatic heterocycles. The zero-order valence-electron chi connectivity index (χ0n) is 43.7. The van der Waals surface area contributed by atoms with E-state index in [9.17, 15) is 15.0 Å². The van der Waals surface area contributed by atoms with Gasteiger partial charge in [-0.1, -0.05) is 284 Å². The molecule has 0 saturated heterocycles. The lowest BCUT2D eigenvalue weighted by atomic mass is 10.0. The highest BCUT2D eigenvalue weighted by atomic mass is 16.3. The lowest BCUT2D eigenvalue weighted by molar-refractivity contribution is -0.123. The molecule has 3 N–H and O–H groups in total. The molecular formula is C62H109NO3. The van der Waals surface area contributed by atoms with Crippen LogP contribution in [0.2, 0.25) is 0 Å². The zero-order valence-corrected chi connectivity index (χ0v) is 43.7. The highest BCUT2D eigenvalue weighted by Crippen LogP contribution is 2.16. The van der Waals surface area contributed by atoms with E-state index in [1.54, 1.807) is 6.08 Å². The van der Waals surface area contributed by atoms with Gasteiger partial charge >= 0.3 is 0 Å². The third kappa shape index (κ3) is 52.3. The van der Waals surface area contributed by atoms with Crippen molar-refractivity contribution in [1.29, 1.82) is 0 Å². The van der Waals surface area contributed by atoms with Crippen molar-refractivity contribution >= 4 is 5.91 Å². The number of aliphatic hydroxyl groups excluding tert-OH is 2. The van der Waals surface area contributed by atoms with Crippen LogP contribution < -0.4 is 5.32 Å². The van der Waals surface area contributed by atoms with Crippen LogP contribution in [-0.4, -0.2) is 34.9 Å². The summed E-state index contributed by atoms with van der Waals surface area (Å²) in [5, 5.41) is 23.1. The van der Waals surface area contributed by atoms with Crippen LogP contribution in [0.4, 0.5) is 0 Å². The minimum Gasteiger partial charge on any atom is -0.394 e. The molecule has 1 amide bonds. The second-order valence-electron chi connectivity index (χ2n) is 19.0. The van der Waals surface area contributed by atoms with Crippen LogP contribution in [-0.2, 0) is 4.79 Å². The highest BCUT2D eigenvalue weighted by Gasteiger charge is 2.18. The van der Waals surface area contributed by atoms with Gasteiger partial charge in [-0.05, 0) is 77.0 Å². The van der Waals surface area contributed by atoms with E-state index in [0.29, 0.717) is 6.42 Å². The van der Waals surface area contributed by atoms with Crippen molar-refractivity contribution in [3.05, 3.63) is 97.2 Å². The predicted octanol–water partition coefficient (Wildman–Crippen LogP) is 18.9. The first-order valence-electron chi connectivity index (χ1n) is 28.5. The minimum atomic E-state index is -0.840. The smallest absolute Gasteiger partial charge is 0.220 e. The van der Waals surface area contributed by atoms with Gasteiger partial charge in [-0.3, -0.25) is 4.79 Å². The van der Waals surface area contributed by atoms with Gasteiger partial charge in [-0.2, -0.15) is 0 Å². The molecule has 0 aliphatic rings. The number of carbonyl (C=O) groups excluding carboxylic acids is 1. The quantitative estimate of drug-likeness (QED) is 0.0421. The standard InChI is InChI=1S/C62H109NO3/c1-3-5-7-9-11-13-15-17-18-19-20-21-22-23-24-25-26-27-28-29-30-31-32-33-34-35-36-37-38-39-40-41-42-43-44-46-48-50-52-54-56-58-62(66)63-60(59-64)61(65)57-55-53-51-49-47-45-16-14-12-10-8-6-4-2/h5,7,11,13,17-18,20-21,23-24,26-27,29-30,55,57,60-61,64-65H,3-4,6,8-10,12,14-16,19,22,25,28,31-54,56,58-59H2,1-2H3,(H,63,66)/b7-5-,13-11-,18-17-,21-20-,24-23-,27-26-,30-29-,57-55+. The van der Waals surface area contributed by atoms with Crippen LogP contribution in [0.15, 0.2) is 97.2 Å². The topological polar surface area (TPSA) is 69.6 Å². The molecule has 2 atom stereocenters. The van der Waals surface area contributed by atoms with Gasteiger partial charge in [0.25, 0.3) is 0 Å². The summed E-state index contributed by atoms with van der Waals surface area (Å²) >= 11 is 0. The van der Waals surface area contributed by atoms with Gasteiger partial charge in [0, 0.05) is 6.42 Å². The molecule has 4 heteroatoms. The monoisotopic (exact) mass is 916 g/mol. The van der Waals surface area contributed by atoms with Crippen LogP contribution in [0.5, 0.6) is 0 Å². The van der Waals surface area contributed by atoms with E-state index < -0.39 is 12.1 Å². The Bertz CT molecular complexity index is 1220. The average molecular weight is 917 g/mol. The van der Waals surface area contributed by atoms with Crippen LogP contribution in [0.3, 0.4) is 0 Å². The summed E-state index contributed by atoms with van der Waals surface area (Å²) in [5.74, 6) is -0.0642. The molecule has 2 unspecified atom stereocenters. The number of allylic oxidation sites excluding steroid dienone is 15. The lowest BCUT2D eigenvalue weighted by Crippen LogP contribution is -2.45. The van der Waals surface area contributed by atoms with E-state index in [-0.39, 0.29) is 12.5 Å². The Hall–Kier alpha value is -2.69.